The second kappa shape index (κ2) is 9.27. The minimum absolute atomic E-state index is 0.0226. The maximum Gasteiger partial charge on any atom is 0.340 e. The molecule has 0 fully saturated rings. The number of nitro groups is 1. The van der Waals surface area contributed by atoms with Crippen LogP contribution in [0.4, 0.5) is 5.69 Å². The summed E-state index contributed by atoms with van der Waals surface area (Å²) in [7, 11) is 0. The van der Waals surface area contributed by atoms with E-state index in [1.165, 1.54) is 0 Å². The molecule has 2 aromatic rings. The number of hydrogen-bond donors (Lipinski definition) is 0. The fourth-order valence-electron chi connectivity index (χ4n) is 2.44. The predicted octanol–water partition coefficient (Wildman–Crippen LogP) is 4.30. The topological polar surface area (TPSA) is 100 Å². The molecule has 0 atom stereocenters. The third kappa shape index (κ3) is 4.91. The lowest BCUT2D eigenvalue weighted by Crippen LogP contribution is -2.08. The molecule has 2 rings (SSSR count). The second-order valence-electron chi connectivity index (χ2n) is 5.80. The van der Waals surface area contributed by atoms with Crippen molar-refractivity contribution in [3.05, 3.63) is 50.0 Å². The van der Waals surface area contributed by atoms with Crippen LogP contribution in [0.25, 0.3) is 12.2 Å². The zero-order valence-corrected chi connectivity index (χ0v) is 16.2. The van der Waals surface area contributed by atoms with Crippen LogP contribution in [0.3, 0.4) is 0 Å². The number of unbranched alkanes of at least 4 members (excludes halogenated alkanes) is 1. The van der Waals surface area contributed by atoms with Crippen LogP contribution in [0.2, 0.25) is 5.15 Å². The van der Waals surface area contributed by atoms with Gasteiger partial charge in [-0.25, -0.2) is 9.78 Å². The summed E-state index contributed by atoms with van der Waals surface area (Å²) in [6.45, 7) is 6.45. The number of esters is 1. The molecule has 8 nitrogen and oxygen atoms in total. The number of ether oxygens (including phenoxy) is 1. The third-order valence-corrected chi connectivity index (χ3v) is 4.25. The van der Waals surface area contributed by atoms with Gasteiger partial charge in [0.15, 0.2) is 0 Å². The van der Waals surface area contributed by atoms with E-state index in [-0.39, 0.29) is 23.6 Å². The number of nitrogens with zero attached hydrogens (tertiary/aromatic N) is 4. The molecule has 0 aliphatic rings. The van der Waals surface area contributed by atoms with E-state index in [9.17, 15) is 14.9 Å². The molecule has 0 saturated carbocycles. The van der Waals surface area contributed by atoms with Crippen molar-refractivity contribution in [2.45, 2.75) is 40.2 Å². The van der Waals surface area contributed by atoms with Gasteiger partial charge in [0.1, 0.15) is 11.3 Å². The highest BCUT2D eigenvalue weighted by Gasteiger charge is 2.18. The highest BCUT2D eigenvalue weighted by Crippen LogP contribution is 2.24. The van der Waals surface area contributed by atoms with Crippen LogP contribution in [0, 0.1) is 17.0 Å². The molecule has 0 aliphatic heterocycles. The molecular weight excluding hydrogens is 372 g/mol. The summed E-state index contributed by atoms with van der Waals surface area (Å²) in [5, 5.41) is 15.9. The first kappa shape index (κ1) is 20.6. The molecule has 2 heterocycles. The SMILES string of the molecule is CCCCn1nc(C)c(/C=C\c2ncc([N+](=O)[O-])cc2C(=O)OCC)c1Cl. The summed E-state index contributed by atoms with van der Waals surface area (Å²) in [5.41, 5.74) is 1.46. The number of aromatic nitrogens is 3. The number of hydrogen-bond acceptors (Lipinski definition) is 6. The first-order chi connectivity index (χ1) is 12.9. The Kier molecular flexibility index (Phi) is 7.06. The van der Waals surface area contributed by atoms with Crippen LogP contribution in [-0.2, 0) is 11.3 Å². The lowest BCUT2D eigenvalue weighted by atomic mass is 10.1. The van der Waals surface area contributed by atoms with Gasteiger partial charge in [-0.15, -0.1) is 0 Å². The number of carbonyl (C=O) groups is 1. The molecule has 0 spiro atoms. The van der Waals surface area contributed by atoms with Gasteiger partial charge in [0.2, 0.25) is 0 Å². The molecule has 0 bridgehead atoms. The van der Waals surface area contributed by atoms with Crippen LogP contribution in [0.5, 0.6) is 0 Å². The van der Waals surface area contributed by atoms with Crippen molar-refractivity contribution in [3.63, 3.8) is 0 Å². The van der Waals surface area contributed by atoms with Gasteiger partial charge >= 0.3 is 5.97 Å². The summed E-state index contributed by atoms with van der Waals surface area (Å²) < 4.78 is 6.71. The van der Waals surface area contributed by atoms with Crippen LogP contribution in [0.1, 0.15) is 54.0 Å². The minimum Gasteiger partial charge on any atom is -0.462 e. The smallest absolute Gasteiger partial charge is 0.340 e. The van der Waals surface area contributed by atoms with Gasteiger partial charge in [0, 0.05) is 18.2 Å². The van der Waals surface area contributed by atoms with Crippen molar-refractivity contribution in [1.29, 1.82) is 0 Å². The number of rotatable bonds is 8. The van der Waals surface area contributed by atoms with Crippen LogP contribution in [-0.4, -0.2) is 32.3 Å². The van der Waals surface area contributed by atoms with Crippen molar-refractivity contribution < 1.29 is 14.5 Å². The highest BCUT2D eigenvalue weighted by molar-refractivity contribution is 6.31. The van der Waals surface area contributed by atoms with Crippen molar-refractivity contribution >= 4 is 35.4 Å². The quantitative estimate of drug-likeness (QED) is 0.377. The maximum absolute atomic E-state index is 12.1. The molecule has 144 valence electrons. The van der Waals surface area contributed by atoms with E-state index < -0.39 is 10.9 Å². The van der Waals surface area contributed by atoms with Crippen LogP contribution >= 0.6 is 11.6 Å². The largest absolute Gasteiger partial charge is 0.462 e. The summed E-state index contributed by atoms with van der Waals surface area (Å²) in [6.07, 6.45) is 6.36. The minimum atomic E-state index is -0.671. The number of aryl methyl sites for hydroxylation is 2. The normalized spacial score (nSPS) is 11.1. The zero-order valence-electron chi connectivity index (χ0n) is 15.4. The van der Waals surface area contributed by atoms with Crippen molar-refractivity contribution in [3.8, 4) is 0 Å². The zero-order chi connectivity index (χ0) is 20.0. The Hall–Kier alpha value is -2.74. The molecule has 0 unspecified atom stereocenters. The van der Waals surface area contributed by atoms with Crippen molar-refractivity contribution in [2.24, 2.45) is 0 Å². The maximum atomic E-state index is 12.1. The van der Waals surface area contributed by atoms with E-state index in [4.69, 9.17) is 16.3 Å². The molecule has 2 aromatic heterocycles. The monoisotopic (exact) mass is 392 g/mol. The molecule has 0 aromatic carbocycles. The first-order valence-electron chi connectivity index (χ1n) is 8.61. The number of pyridine rings is 1. The molecule has 27 heavy (non-hydrogen) atoms. The third-order valence-electron chi connectivity index (χ3n) is 3.85. The van der Waals surface area contributed by atoms with Gasteiger partial charge in [-0.05, 0) is 32.4 Å². The van der Waals surface area contributed by atoms with Crippen LogP contribution < -0.4 is 0 Å². The Bertz CT molecular complexity index is 876. The molecule has 0 saturated heterocycles. The van der Waals surface area contributed by atoms with Gasteiger partial charge in [0.25, 0.3) is 5.69 Å². The van der Waals surface area contributed by atoms with E-state index >= 15 is 0 Å². The predicted molar refractivity (Wildman–Crippen MR) is 103 cm³/mol. The van der Waals surface area contributed by atoms with E-state index in [0.717, 1.165) is 30.8 Å². The second-order valence-corrected chi connectivity index (χ2v) is 6.16. The van der Waals surface area contributed by atoms with E-state index in [1.54, 1.807) is 23.8 Å². The Balaban J connectivity index is 2.40. The fraction of sp³-hybridized carbons (Fsp3) is 0.389. The summed E-state index contributed by atoms with van der Waals surface area (Å²) in [4.78, 5) is 26.5. The highest BCUT2D eigenvalue weighted by atomic mass is 35.5. The van der Waals surface area contributed by atoms with E-state index in [2.05, 4.69) is 17.0 Å². The van der Waals surface area contributed by atoms with Gasteiger partial charge in [-0.3, -0.25) is 14.8 Å². The fourth-order valence-corrected chi connectivity index (χ4v) is 2.77. The van der Waals surface area contributed by atoms with Gasteiger partial charge in [0.05, 0.1) is 28.5 Å². The molecule has 0 radical (unpaired) electrons. The molecule has 0 N–H and O–H groups in total. The Morgan fingerprint density at radius 3 is 2.78 bits per heavy atom. The summed E-state index contributed by atoms with van der Waals surface area (Å²) in [6, 6.07) is 1.16. The summed E-state index contributed by atoms with van der Waals surface area (Å²) >= 11 is 6.40. The van der Waals surface area contributed by atoms with E-state index in [0.29, 0.717) is 17.3 Å². The Labute approximate surface area is 162 Å². The molecule has 0 amide bonds. The number of carbonyl (C=O) groups excluding carboxylic acids is 1. The lowest BCUT2D eigenvalue weighted by Gasteiger charge is -2.05. The molecule has 9 heteroatoms. The molecule has 0 aliphatic carbocycles. The molecular formula is C18H21ClN4O4. The van der Waals surface area contributed by atoms with Crippen molar-refractivity contribution in [2.75, 3.05) is 6.61 Å². The first-order valence-corrected chi connectivity index (χ1v) is 8.99. The van der Waals surface area contributed by atoms with E-state index in [1.807, 2.05) is 6.92 Å². The number of halogens is 1. The van der Waals surface area contributed by atoms with Gasteiger partial charge in [-0.1, -0.05) is 24.9 Å². The van der Waals surface area contributed by atoms with Crippen LogP contribution in [0.15, 0.2) is 12.3 Å². The standard InChI is InChI=1S/C18H21ClN4O4/c1-4-6-9-22-17(19)14(12(3)21-22)7-8-16-15(18(24)27-5-2)10-13(11-20-16)23(25)26/h7-8,10-11H,4-6,9H2,1-3H3/b8-7-. The van der Waals surface area contributed by atoms with Gasteiger partial charge in [-0.2, -0.15) is 5.10 Å². The Morgan fingerprint density at radius 2 is 2.15 bits per heavy atom. The lowest BCUT2D eigenvalue weighted by molar-refractivity contribution is -0.385. The average molecular weight is 393 g/mol. The van der Waals surface area contributed by atoms with Crippen molar-refractivity contribution in [1.82, 2.24) is 14.8 Å². The Morgan fingerprint density at radius 1 is 1.41 bits per heavy atom. The van der Waals surface area contributed by atoms with Gasteiger partial charge < -0.3 is 4.74 Å². The average Bonchev–Trinajstić information content (AvgIpc) is 2.91. The summed E-state index contributed by atoms with van der Waals surface area (Å²) in [5.74, 6) is -0.671.